The van der Waals surface area contributed by atoms with Gasteiger partial charge in [0.25, 0.3) is 0 Å². The van der Waals surface area contributed by atoms with E-state index in [2.05, 4.69) is 17.1 Å². The van der Waals surface area contributed by atoms with E-state index in [-0.39, 0.29) is 0 Å². The molecule has 0 amide bonds. The van der Waals surface area contributed by atoms with E-state index in [1.54, 1.807) is 12.1 Å². The lowest BCUT2D eigenvalue weighted by molar-refractivity contribution is -0.137. The molecule has 0 bridgehead atoms. The number of halogens is 3. The summed E-state index contributed by atoms with van der Waals surface area (Å²) in [6.45, 7) is 3.87. The minimum Gasteiger partial charge on any atom is -0.317 e. The number of piperidine rings is 1. The van der Waals surface area contributed by atoms with E-state index in [1.165, 1.54) is 12.1 Å². The Hall–Kier alpha value is -1.07. The van der Waals surface area contributed by atoms with E-state index in [0.29, 0.717) is 12.1 Å². The topological polar surface area (TPSA) is 15.3 Å². The fourth-order valence-corrected chi connectivity index (χ4v) is 2.75. The Morgan fingerprint density at radius 3 is 2.40 bits per heavy atom. The maximum absolute atomic E-state index is 12.5. The van der Waals surface area contributed by atoms with Gasteiger partial charge in [0.15, 0.2) is 0 Å². The van der Waals surface area contributed by atoms with Gasteiger partial charge >= 0.3 is 6.18 Å². The number of nitrogens with zero attached hydrogens (tertiary/aromatic N) is 1. The zero-order valence-corrected chi connectivity index (χ0v) is 11.9. The number of hydrogen-bond acceptors (Lipinski definition) is 2. The van der Waals surface area contributed by atoms with E-state index in [1.807, 2.05) is 7.05 Å². The van der Waals surface area contributed by atoms with E-state index in [0.717, 1.165) is 31.5 Å². The molecule has 2 rings (SSSR count). The van der Waals surface area contributed by atoms with Crippen LogP contribution < -0.4 is 5.32 Å². The Balaban J connectivity index is 1.97. The number of hydrogen-bond donors (Lipinski definition) is 1. The minimum atomic E-state index is -4.25. The SMILES string of the molecule is CNC1CCN(Cc2ccc(C(F)(F)F)cc2)C(C)C1. The van der Waals surface area contributed by atoms with Crippen LogP contribution in [0.3, 0.4) is 0 Å². The molecule has 1 saturated heterocycles. The van der Waals surface area contributed by atoms with Crippen LogP contribution in [0.5, 0.6) is 0 Å². The summed E-state index contributed by atoms with van der Waals surface area (Å²) in [7, 11) is 1.98. The van der Waals surface area contributed by atoms with Gasteiger partial charge in [-0.1, -0.05) is 12.1 Å². The summed E-state index contributed by atoms with van der Waals surface area (Å²) in [5.74, 6) is 0. The first-order valence-electron chi connectivity index (χ1n) is 6.97. The Bertz CT molecular complexity index is 428. The molecule has 1 fully saturated rings. The third-order valence-electron chi connectivity index (χ3n) is 4.09. The zero-order chi connectivity index (χ0) is 14.8. The van der Waals surface area contributed by atoms with Crippen molar-refractivity contribution in [3.05, 3.63) is 35.4 Å². The molecule has 1 aromatic carbocycles. The van der Waals surface area contributed by atoms with Gasteiger partial charge in [-0.25, -0.2) is 0 Å². The first-order valence-corrected chi connectivity index (χ1v) is 6.97. The summed E-state index contributed by atoms with van der Waals surface area (Å²) in [5, 5.41) is 3.29. The van der Waals surface area contributed by atoms with Gasteiger partial charge in [0.2, 0.25) is 0 Å². The van der Waals surface area contributed by atoms with Gasteiger partial charge in [0, 0.05) is 25.2 Å². The lowest BCUT2D eigenvalue weighted by Gasteiger charge is -2.37. The Kier molecular flexibility index (Phi) is 4.70. The molecular formula is C15H21F3N2. The molecule has 20 heavy (non-hydrogen) atoms. The summed E-state index contributed by atoms with van der Waals surface area (Å²) in [6, 6.07) is 6.50. The van der Waals surface area contributed by atoms with Gasteiger partial charge in [-0.15, -0.1) is 0 Å². The zero-order valence-electron chi connectivity index (χ0n) is 11.9. The van der Waals surface area contributed by atoms with Gasteiger partial charge in [0.05, 0.1) is 5.56 Å². The highest BCUT2D eigenvalue weighted by atomic mass is 19.4. The molecule has 5 heteroatoms. The minimum absolute atomic E-state index is 0.448. The monoisotopic (exact) mass is 286 g/mol. The average Bonchev–Trinajstić information content (AvgIpc) is 2.40. The Labute approximate surface area is 118 Å². The fraction of sp³-hybridized carbons (Fsp3) is 0.600. The smallest absolute Gasteiger partial charge is 0.317 e. The molecule has 1 aliphatic heterocycles. The third-order valence-corrected chi connectivity index (χ3v) is 4.09. The van der Waals surface area contributed by atoms with Crippen molar-refractivity contribution < 1.29 is 13.2 Å². The van der Waals surface area contributed by atoms with Crippen molar-refractivity contribution >= 4 is 0 Å². The summed E-state index contributed by atoms with van der Waals surface area (Å²) < 4.78 is 37.5. The lowest BCUT2D eigenvalue weighted by atomic mass is 9.97. The van der Waals surface area contributed by atoms with Crippen LogP contribution in [0.2, 0.25) is 0 Å². The van der Waals surface area contributed by atoms with Crippen molar-refractivity contribution in [2.75, 3.05) is 13.6 Å². The number of rotatable bonds is 3. The number of nitrogens with one attached hydrogen (secondary N) is 1. The highest BCUT2D eigenvalue weighted by Crippen LogP contribution is 2.29. The highest BCUT2D eigenvalue weighted by molar-refractivity contribution is 5.24. The van der Waals surface area contributed by atoms with Gasteiger partial charge in [-0.3, -0.25) is 4.90 Å². The molecule has 112 valence electrons. The van der Waals surface area contributed by atoms with Crippen LogP contribution in [0.1, 0.15) is 30.9 Å². The normalized spacial score (nSPS) is 24.9. The molecule has 0 saturated carbocycles. The van der Waals surface area contributed by atoms with Gasteiger partial charge < -0.3 is 5.32 Å². The molecule has 0 spiro atoms. The molecule has 2 unspecified atom stereocenters. The lowest BCUT2D eigenvalue weighted by Crippen LogP contribution is -2.46. The van der Waals surface area contributed by atoms with E-state index >= 15 is 0 Å². The molecule has 1 aromatic rings. The molecule has 0 aromatic heterocycles. The second-order valence-electron chi connectivity index (χ2n) is 5.52. The van der Waals surface area contributed by atoms with E-state index < -0.39 is 11.7 Å². The molecule has 0 radical (unpaired) electrons. The van der Waals surface area contributed by atoms with Crippen molar-refractivity contribution in [3.63, 3.8) is 0 Å². The standard InChI is InChI=1S/C15H21F3N2/c1-11-9-14(19-2)7-8-20(11)10-12-3-5-13(6-4-12)15(16,17)18/h3-6,11,14,19H,7-10H2,1-2H3. The molecular weight excluding hydrogens is 265 g/mol. The second-order valence-corrected chi connectivity index (χ2v) is 5.52. The Morgan fingerprint density at radius 2 is 1.90 bits per heavy atom. The van der Waals surface area contributed by atoms with Crippen LogP contribution in [0, 0.1) is 0 Å². The van der Waals surface area contributed by atoms with Crippen LogP contribution in [-0.4, -0.2) is 30.6 Å². The molecule has 0 aliphatic carbocycles. The molecule has 1 heterocycles. The van der Waals surface area contributed by atoms with Crippen LogP contribution in [0.4, 0.5) is 13.2 Å². The predicted octanol–water partition coefficient (Wildman–Crippen LogP) is 3.28. The highest BCUT2D eigenvalue weighted by Gasteiger charge is 2.30. The summed E-state index contributed by atoms with van der Waals surface area (Å²) in [4.78, 5) is 2.33. The fourth-order valence-electron chi connectivity index (χ4n) is 2.75. The molecule has 1 aliphatic rings. The van der Waals surface area contributed by atoms with E-state index in [9.17, 15) is 13.2 Å². The number of likely N-dealkylation sites (tertiary alicyclic amines) is 1. The summed E-state index contributed by atoms with van der Waals surface area (Å²) in [5.41, 5.74) is 0.357. The molecule has 2 atom stereocenters. The van der Waals surface area contributed by atoms with Crippen molar-refractivity contribution in [2.24, 2.45) is 0 Å². The maximum Gasteiger partial charge on any atom is 0.416 e. The largest absolute Gasteiger partial charge is 0.416 e. The quantitative estimate of drug-likeness (QED) is 0.917. The summed E-state index contributed by atoms with van der Waals surface area (Å²) in [6.07, 6.45) is -2.09. The third kappa shape index (κ3) is 3.73. The van der Waals surface area contributed by atoms with Crippen molar-refractivity contribution in [2.45, 2.75) is 44.6 Å². The van der Waals surface area contributed by atoms with Crippen LogP contribution in [0.15, 0.2) is 24.3 Å². The van der Waals surface area contributed by atoms with Crippen LogP contribution >= 0.6 is 0 Å². The van der Waals surface area contributed by atoms with Gasteiger partial charge in [-0.05, 0) is 44.5 Å². The van der Waals surface area contributed by atoms with Crippen LogP contribution in [-0.2, 0) is 12.7 Å². The predicted molar refractivity (Wildman–Crippen MR) is 73.4 cm³/mol. The first kappa shape index (κ1) is 15.3. The van der Waals surface area contributed by atoms with E-state index in [4.69, 9.17) is 0 Å². The van der Waals surface area contributed by atoms with Gasteiger partial charge in [0.1, 0.15) is 0 Å². The van der Waals surface area contributed by atoms with Crippen molar-refractivity contribution in [1.29, 1.82) is 0 Å². The van der Waals surface area contributed by atoms with Crippen molar-refractivity contribution in [1.82, 2.24) is 10.2 Å². The van der Waals surface area contributed by atoms with Gasteiger partial charge in [-0.2, -0.15) is 13.2 Å². The maximum atomic E-state index is 12.5. The second kappa shape index (κ2) is 6.14. The average molecular weight is 286 g/mol. The first-order chi connectivity index (χ1) is 9.40. The number of benzene rings is 1. The number of alkyl halides is 3. The molecule has 1 N–H and O–H groups in total. The van der Waals surface area contributed by atoms with Crippen LogP contribution in [0.25, 0.3) is 0 Å². The van der Waals surface area contributed by atoms with Crippen molar-refractivity contribution in [3.8, 4) is 0 Å². The molecule has 2 nitrogen and oxygen atoms in total. The summed E-state index contributed by atoms with van der Waals surface area (Å²) >= 11 is 0. The Morgan fingerprint density at radius 1 is 1.25 bits per heavy atom.